The van der Waals surface area contributed by atoms with E-state index in [-0.39, 0.29) is 21.4 Å². The third-order valence-corrected chi connectivity index (χ3v) is 5.11. The molecule has 0 saturated heterocycles. The second-order valence-corrected chi connectivity index (χ2v) is 6.63. The van der Waals surface area contributed by atoms with E-state index >= 15 is 0 Å². The zero-order chi connectivity index (χ0) is 14.0. The first-order chi connectivity index (χ1) is 8.92. The van der Waals surface area contributed by atoms with Gasteiger partial charge in [0, 0.05) is 6.20 Å². The van der Waals surface area contributed by atoms with Gasteiger partial charge < -0.3 is 5.73 Å². The van der Waals surface area contributed by atoms with Crippen LogP contribution in [-0.2, 0) is 15.6 Å². The van der Waals surface area contributed by atoms with Crippen LogP contribution in [0.1, 0.15) is 5.56 Å². The van der Waals surface area contributed by atoms with Gasteiger partial charge in [0.15, 0.2) is 9.84 Å². The van der Waals surface area contributed by atoms with E-state index in [1.165, 1.54) is 18.5 Å². The van der Waals surface area contributed by atoms with Crippen LogP contribution in [0.15, 0.2) is 41.6 Å². The second-order valence-electron chi connectivity index (χ2n) is 3.89. The van der Waals surface area contributed by atoms with Gasteiger partial charge in [-0.05, 0) is 17.7 Å². The summed E-state index contributed by atoms with van der Waals surface area (Å²) < 4.78 is 24.6. The Morgan fingerprint density at radius 3 is 2.63 bits per heavy atom. The number of benzene rings is 1. The van der Waals surface area contributed by atoms with Crippen molar-refractivity contribution in [2.75, 3.05) is 5.73 Å². The lowest BCUT2D eigenvalue weighted by Gasteiger charge is -2.09. The molecule has 2 aromatic rings. The number of nitrogens with two attached hydrogens (primary N) is 1. The van der Waals surface area contributed by atoms with Gasteiger partial charge in [0.05, 0.1) is 32.6 Å². The van der Waals surface area contributed by atoms with Gasteiger partial charge in [-0.2, -0.15) is 0 Å². The van der Waals surface area contributed by atoms with Crippen LogP contribution >= 0.6 is 23.2 Å². The van der Waals surface area contributed by atoms with E-state index in [0.717, 1.165) is 0 Å². The maximum absolute atomic E-state index is 12.3. The molecule has 0 radical (unpaired) electrons. The van der Waals surface area contributed by atoms with E-state index in [1.54, 1.807) is 18.2 Å². The predicted octanol–water partition coefficient (Wildman–Crippen LogP) is 2.94. The molecule has 0 aliphatic heterocycles. The van der Waals surface area contributed by atoms with E-state index in [2.05, 4.69) is 4.98 Å². The maximum Gasteiger partial charge on any atom is 0.184 e. The monoisotopic (exact) mass is 316 g/mol. The van der Waals surface area contributed by atoms with Gasteiger partial charge in [0.25, 0.3) is 0 Å². The Morgan fingerprint density at radius 1 is 1.21 bits per heavy atom. The van der Waals surface area contributed by atoms with Crippen molar-refractivity contribution in [3.63, 3.8) is 0 Å². The van der Waals surface area contributed by atoms with Gasteiger partial charge in [-0.1, -0.05) is 35.3 Å². The quantitative estimate of drug-likeness (QED) is 0.944. The van der Waals surface area contributed by atoms with Crippen molar-refractivity contribution in [3.05, 3.63) is 52.3 Å². The SMILES string of the molecule is Nc1cnccc1S(=O)(=O)Cc1cccc(Cl)c1Cl. The van der Waals surface area contributed by atoms with Crippen molar-refractivity contribution in [2.24, 2.45) is 0 Å². The molecule has 0 fully saturated rings. The summed E-state index contributed by atoms with van der Waals surface area (Å²) in [4.78, 5) is 3.80. The summed E-state index contributed by atoms with van der Waals surface area (Å²) in [6.45, 7) is 0. The van der Waals surface area contributed by atoms with Crippen LogP contribution in [0.5, 0.6) is 0 Å². The van der Waals surface area contributed by atoms with E-state index in [1.807, 2.05) is 0 Å². The van der Waals surface area contributed by atoms with Crippen LogP contribution in [0.25, 0.3) is 0 Å². The lowest BCUT2D eigenvalue weighted by molar-refractivity contribution is 0.595. The molecule has 0 amide bonds. The molecule has 0 saturated carbocycles. The lowest BCUT2D eigenvalue weighted by Crippen LogP contribution is -2.08. The predicted molar refractivity (Wildman–Crippen MR) is 76.0 cm³/mol. The van der Waals surface area contributed by atoms with Crippen molar-refractivity contribution in [3.8, 4) is 0 Å². The number of rotatable bonds is 3. The highest BCUT2D eigenvalue weighted by atomic mass is 35.5. The van der Waals surface area contributed by atoms with Crippen molar-refractivity contribution >= 4 is 38.7 Å². The average Bonchev–Trinajstić information content (AvgIpc) is 2.35. The van der Waals surface area contributed by atoms with Crippen molar-refractivity contribution in [1.82, 2.24) is 4.98 Å². The smallest absolute Gasteiger partial charge is 0.184 e. The summed E-state index contributed by atoms with van der Waals surface area (Å²) in [5.41, 5.74) is 6.17. The van der Waals surface area contributed by atoms with Crippen molar-refractivity contribution < 1.29 is 8.42 Å². The van der Waals surface area contributed by atoms with Gasteiger partial charge >= 0.3 is 0 Å². The fraction of sp³-hybridized carbons (Fsp3) is 0.0833. The number of hydrogen-bond donors (Lipinski definition) is 1. The van der Waals surface area contributed by atoms with Crippen LogP contribution in [0, 0.1) is 0 Å². The topological polar surface area (TPSA) is 73.0 Å². The first-order valence-electron chi connectivity index (χ1n) is 5.27. The summed E-state index contributed by atoms with van der Waals surface area (Å²) in [6, 6.07) is 6.22. The molecule has 19 heavy (non-hydrogen) atoms. The molecular formula is C12H10Cl2N2O2S. The summed E-state index contributed by atoms with van der Waals surface area (Å²) in [7, 11) is -3.59. The Bertz CT molecular complexity index is 717. The Balaban J connectivity index is 2.43. The third-order valence-electron chi connectivity index (χ3n) is 2.52. The normalized spacial score (nSPS) is 11.5. The number of aromatic nitrogens is 1. The highest BCUT2D eigenvalue weighted by molar-refractivity contribution is 7.90. The number of anilines is 1. The molecule has 1 aromatic carbocycles. The number of pyridine rings is 1. The summed E-state index contributed by atoms with van der Waals surface area (Å²) >= 11 is 11.8. The average molecular weight is 317 g/mol. The number of nitrogens with zero attached hydrogens (tertiary/aromatic N) is 1. The summed E-state index contributed by atoms with van der Waals surface area (Å²) in [5.74, 6) is -0.263. The Morgan fingerprint density at radius 2 is 1.95 bits per heavy atom. The molecule has 0 unspecified atom stereocenters. The molecule has 1 aromatic heterocycles. The molecule has 0 aliphatic rings. The summed E-state index contributed by atoms with van der Waals surface area (Å²) in [6.07, 6.45) is 2.68. The molecule has 100 valence electrons. The molecule has 0 aliphatic carbocycles. The maximum atomic E-state index is 12.3. The van der Waals surface area contributed by atoms with Crippen LogP contribution in [0.3, 0.4) is 0 Å². The minimum Gasteiger partial charge on any atom is -0.396 e. The van der Waals surface area contributed by atoms with Crippen LogP contribution < -0.4 is 5.73 Å². The highest BCUT2D eigenvalue weighted by Crippen LogP contribution is 2.29. The van der Waals surface area contributed by atoms with Crippen molar-refractivity contribution in [1.29, 1.82) is 0 Å². The largest absolute Gasteiger partial charge is 0.396 e. The molecule has 7 heteroatoms. The highest BCUT2D eigenvalue weighted by Gasteiger charge is 2.20. The van der Waals surface area contributed by atoms with Gasteiger partial charge in [0.1, 0.15) is 0 Å². The number of halogens is 2. The zero-order valence-electron chi connectivity index (χ0n) is 9.68. The second kappa shape index (κ2) is 5.36. The van der Waals surface area contributed by atoms with Gasteiger partial charge in [0.2, 0.25) is 0 Å². The van der Waals surface area contributed by atoms with E-state index < -0.39 is 9.84 Å². The Labute approximate surface area is 121 Å². The molecule has 0 bridgehead atoms. The first kappa shape index (κ1) is 14.1. The zero-order valence-corrected chi connectivity index (χ0v) is 12.0. The molecule has 2 N–H and O–H groups in total. The standard InChI is InChI=1S/C12H10Cl2N2O2S/c13-9-3-1-2-8(12(9)14)7-19(17,18)11-4-5-16-6-10(11)15/h1-6H,7,15H2. The molecule has 0 spiro atoms. The molecule has 1 heterocycles. The fourth-order valence-electron chi connectivity index (χ4n) is 1.62. The Kier molecular flexibility index (Phi) is 3.99. The van der Waals surface area contributed by atoms with E-state index in [0.29, 0.717) is 10.6 Å². The lowest BCUT2D eigenvalue weighted by atomic mass is 10.2. The fourth-order valence-corrected chi connectivity index (χ4v) is 3.57. The van der Waals surface area contributed by atoms with Crippen molar-refractivity contribution in [2.45, 2.75) is 10.6 Å². The third kappa shape index (κ3) is 3.00. The molecule has 0 atom stereocenters. The number of hydrogen-bond acceptors (Lipinski definition) is 4. The number of sulfone groups is 1. The van der Waals surface area contributed by atoms with Gasteiger partial charge in [-0.25, -0.2) is 8.42 Å². The molecular weight excluding hydrogens is 307 g/mol. The van der Waals surface area contributed by atoms with Crippen LogP contribution in [0.2, 0.25) is 10.0 Å². The molecule has 2 rings (SSSR count). The van der Waals surface area contributed by atoms with E-state index in [9.17, 15) is 8.42 Å². The van der Waals surface area contributed by atoms with Crippen LogP contribution in [0.4, 0.5) is 5.69 Å². The van der Waals surface area contributed by atoms with Gasteiger partial charge in [-0.15, -0.1) is 0 Å². The minimum atomic E-state index is -3.59. The molecule has 4 nitrogen and oxygen atoms in total. The number of nitrogen functional groups attached to an aromatic ring is 1. The van der Waals surface area contributed by atoms with Gasteiger partial charge in [-0.3, -0.25) is 4.98 Å². The summed E-state index contributed by atoms with van der Waals surface area (Å²) in [5, 5.41) is 0.553. The van der Waals surface area contributed by atoms with E-state index in [4.69, 9.17) is 28.9 Å². The minimum absolute atomic E-state index is 0.0403. The first-order valence-corrected chi connectivity index (χ1v) is 7.68. The van der Waals surface area contributed by atoms with Crippen LogP contribution in [-0.4, -0.2) is 13.4 Å². The Hall–Kier alpha value is -1.30.